The Morgan fingerprint density at radius 1 is 1.32 bits per heavy atom. The van der Waals surface area contributed by atoms with E-state index in [2.05, 4.69) is 15.1 Å². The number of nitrogens with zero attached hydrogens (tertiary/aromatic N) is 3. The number of nitrogens with one attached hydrogen (secondary N) is 1. The lowest BCUT2D eigenvalue weighted by Gasteiger charge is -2.47. The molecule has 3 heterocycles. The molecule has 0 spiro atoms. The van der Waals surface area contributed by atoms with Crippen molar-refractivity contribution in [2.45, 2.75) is 6.04 Å². The Kier molecular flexibility index (Phi) is 3.36. The monoisotopic (exact) mass is 260 g/mol. The van der Waals surface area contributed by atoms with Crippen molar-refractivity contribution in [3.05, 3.63) is 29.6 Å². The first-order chi connectivity index (χ1) is 9.26. The molecular weight excluding hydrogens is 243 g/mol. The van der Waals surface area contributed by atoms with Crippen molar-refractivity contribution < 1.29 is 4.39 Å². The average Bonchev–Trinajstić information content (AvgIpc) is 2.47. The normalized spacial score (nSPS) is 28.9. The molecule has 5 heteroatoms. The molecule has 0 aliphatic carbocycles. The van der Waals surface area contributed by atoms with E-state index in [9.17, 15) is 4.39 Å². The number of piperazine rings is 3. The van der Waals surface area contributed by atoms with Gasteiger partial charge in [-0.15, -0.1) is 0 Å². The van der Waals surface area contributed by atoms with Crippen LogP contribution in [0.2, 0.25) is 0 Å². The van der Waals surface area contributed by atoms with Gasteiger partial charge in [0.2, 0.25) is 0 Å². The average molecular weight is 260 g/mol. The summed E-state index contributed by atoms with van der Waals surface area (Å²) in [7, 11) is 0. The Bertz CT molecular complexity index is 503. The smallest absolute Gasteiger partial charge is 0.147 e. The van der Waals surface area contributed by atoms with Gasteiger partial charge in [-0.2, -0.15) is 5.26 Å². The third-order valence-electron chi connectivity index (χ3n) is 4.02. The number of hydrogen-bond donors (Lipinski definition) is 1. The highest BCUT2D eigenvalue weighted by Crippen LogP contribution is 2.19. The van der Waals surface area contributed by atoms with Crippen molar-refractivity contribution in [1.82, 2.24) is 9.80 Å². The van der Waals surface area contributed by atoms with E-state index in [0.29, 0.717) is 17.3 Å². The first-order valence-electron chi connectivity index (χ1n) is 6.66. The molecule has 4 nitrogen and oxygen atoms in total. The zero-order chi connectivity index (χ0) is 13.2. The van der Waals surface area contributed by atoms with Crippen LogP contribution in [-0.2, 0) is 0 Å². The molecule has 2 bridgehead atoms. The molecule has 1 atom stereocenters. The second kappa shape index (κ2) is 5.16. The zero-order valence-corrected chi connectivity index (χ0v) is 10.8. The summed E-state index contributed by atoms with van der Waals surface area (Å²) in [5.74, 6) is -0.352. The summed E-state index contributed by atoms with van der Waals surface area (Å²) in [6.07, 6.45) is 0. The van der Waals surface area contributed by atoms with E-state index >= 15 is 0 Å². The van der Waals surface area contributed by atoms with E-state index < -0.39 is 0 Å². The van der Waals surface area contributed by atoms with Crippen LogP contribution in [0.3, 0.4) is 0 Å². The highest BCUT2D eigenvalue weighted by molar-refractivity contribution is 5.48. The van der Waals surface area contributed by atoms with Crippen molar-refractivity contribution in [2.75, 3.05) is 44.6 Å². The number of hydrogen-bond acceptors (Lipinski definition) is 4. The molecule has 0 radical (unpaired) electrons. The van der Waals surface area contributed by atoms with E-state index in [1.165, 1.54) is 6.07 Å². The predicted octanol–water partition coefficient (Wildman–Crippen LogP) is 1.11. The number of halogens is 1. The van der Waals surface area contributed by atoms with Crippen molar-refractivity contribution in [1.29, 1.82) is 5.26 Å². The molecule has 3 saturated heterocycles. The zero-order valence-electron chi connectivity index (χ0n) is 10.8. The molecule has 1 unspecified atom stereocenters. The summed E-state index contributed by atoms with van der Waals surface area (Å²) in [4.78, 5) is 4.93. The second-order valence-electron chi connectivity index (χ2n) is 5.18. The Hall–Kier alpha value is -1.64. The lowest BCUT2D eigenvalue weighted by molar-refractivity contribution is 0.0189. The fraction of sp³-hybridized carbons (Fsp3) is 0.500. The van der Waals surface area contributed by atoms with Crippen LogP contribution in [-0.4, -0.2) is 55.1 Å². The largest absolute Gasteiger partial charge is 0.381 e. The van der Waals surface area contributed by atoms with Gasteiger partial charge >= 0.3 is 0 Å². The topological polar surface area (TPSA) is 42.3 Å². The van der Waals surface area contributed by atoms with Crippen LogP contribution >= 0.6 is 0 Å². The maximum Gasteiger partial charge on any atom is 0.147 e. The molecule has 1 aromatic carbocycles. The van der Waals surface area contributed by atoms with Crippen molar-refractivity contribution >= 4 is 5.69 Å². The molecule has 0 amide bonds. The van der Waals surface area contributed by atoms with E-state index in [1.54, 1.807) is 12.1 Å². The van der Waals surface area contributed by atoms with Crippen LogP contribution in [0.4, 0.5) is 10.1 Å². The summed E-state index contributed by atoms with van der Waals surface area (Å²) < 4.78 is 13.7. The van der Waals surface area contributed by atoms with Crippen LogP contribution < -0.4 is 5.32 Å². The quantitative estimate of drug-likeness (QED) is 0.884. The van der Waals surface area contributed by atoms with Crippen LogP contribution in [0.15, 0.2) is 18.2 Å². The van der Waals surface area contributed by atoms with Crippen LogP contribution in [0, 0.1) is 17.1 Å². The van der Waals surface area contributed by atoms with Gasteiger partial charge in [-0.25, -0.2) is 4.39 Å². The molecule has 1 aromatic rings. The predicted molar refractivity (Wildman–Crippen MR) is 71.4 cm³/mol. The SMILES string of the molecule is N#Cc1ccc(NCC2CN3CCN2CC3)c(F)c1. The van der Waals surface area contributed by atoms with Crippen LogP contribution in [0.1, 0.15) is 5.56 Å². The summed E-state index contributed by atoms with van der Waals surface area (Å²) in [5, 5.41) is 11.9. The molecular formula is C14H17FN4. The van der Waals surface area contributed by atoms with Gasteiger partial charge in [0, 0.05) is 45.3 Å². The number of rotatable bonds is 3. The Morgan fingerprint density at radius 2 is 2.11 bits per heavy atom. The lowest BCUT2D eigenvalue weighted by Crippen LogP contribution is -2.62. The first-order valence-corrected chi connectivity index (χ1v) is 6.66. The Balaban J connectivity index is 1.62. The molecule has 100 valence electrons. The molecule has 3 aliphatic heterocycles. The van der Waals surface area contributed by atoms with Gasteiger partial charge < -0.3 is 5.32 Å². The van der Waals surface area contributed by atoms with E-state index in [-0.39, 0.29) is 5.82 Å². The van der Waals surface area contributed by atoms with Gasteiger partial charge in [0.15, 0.2) is 0 Å². The third-order valence-corrected chi connectivity index (χ3v) is 4.02. The number of nitriles is 1. The van der Waals surface area contributed by atoms with Gasteiger partial charge in [-0.3, -0.25) is 9.80 Å². The molecule has 4 rings (SSSR count). The van der Waals surface area contributed by atoms with Crippen molar-refractivity contribution in [3.63, 3.8) is 0 Å². The van der Waals surface area contributed by atoms with E-state index in [4.69, 9.17) is 5.26 Å². The minimum atomic E-state index is -0.352. The fourth-order valence-corrected chi connectivity index (χ4v) is 2.87. The minimum absolute atomic E-state index is 0.352. The molecule has 1 N–H and O–H groups in total. The highest BCUT2D eigenvalue weighted by atomic mass is 19.1. The van der Waals surface area contributed by atoms with Gasteiger partial charge in [-0.1, -0.05) is 0 Å². The summed E-state index contributed by atoms with van der Waals surface area (Å²) in [6.45, 7) is 6.35. The standard InChI is InChI=1S/C14H17FN4/c15-13-7-11(8-16)1-2-14(13)17-9-12-10-18-3-5-19(12)6-4-18/h1-2,7,12,17H,3-6,9-10H2. The number of fused-ring (bicyclic) bond motifs is 3. The summed E-state index contributed by atoms with van der Waals surface area (Å²) in [5.41, 5.74) is 0.839. The maximum absolute atomic E-state index is 13.7. The first kappa shape index (κ1) is 12.4. The highest BCUT2D eigenvalue weighted by Gasteiger charge is 2.31. The molecule has 0 saturated carbocycles. The van der Waals surface area contributed by atoms with Gasteiger partial charge in [0.1, 0.15) is 5.82 Å². The van der Waals surface area contributed by atoms with Crippen molar-refractivity contribution in [3.8, 4) is 6.07 Å². The molecule has 0 aromatic heterocycles. The van der Waals surface area contributed by atoms with Gasteiger partial charge in [0.05, 0.1) is 17.3 Å². The third kappa shape index (κ3) is 2.55. The molecule has 3 aliphatic rings. The Morgan fingerprint density at radius 3 is 2.68 bits per heavy atom. The second-order valence-corrected chi connectivity index (χ2v) is 5.18. The number of benzene rings is 1. The lowest BCUT2D eigenvalue weighted by atomic mass is 10.1. The summed E-state index contributed by atoms with van der Waals surface area (Å²) >= 11 is 0. The maximum atomic E-state index is 13.7. The van der Waals surface area contributed by atoms with Gasteiger partial charge in [0.25, 0.3) is 0 Å². The fourth-order valence-electron chi connectivity index (χ4n) is 2.87. The van der Waals surface area contributed by atoms with Crippen LogP contribution in [0.25, 0.3) is 0 Å². The van der Waals surface area contributed by atoms with Crippen molar-refractivity contribution in [2.24, 2.45) is 0 Å². The van der Waals surface area contributed by atoms with E-state index in [0.717, 1.165) is 39.3 Å². The van der Waals surface area contributed by atoms with Gasteiger partial charge in [-0.05, 0) is 18.2 Å². The Labute approximate surface area is 112 Å². The molecule has 3 fully saturated rings. The van der Waals surface area contributed by atoms with E-state index in [1.807, 2.05) is 6.07 Å². The molecule has 19 heavy (non-hydrogen) atoms. The minimum Gasteiger partial charge on any atom is -0.381 e. The summed E-state index contributed by atoms with van der Waals surface area (Å²) in [6, 6.07) is 6.96. The number of anilines is 1. The van der Waals surface area contributed by atoms with Crippen LogP contribution in [0.5, 0.6) is 0 Å².